The van der Waals surface area contributed by atoms with Gasteiger partial charge in [-0.15, -0.1) is 0 Å². The van der Waals surface area contributed by atoms with Crippen LogP contribution in [0.5, 0.6) is 0 Å². The van der Waals surface area contributed by atoms with Crippen LogP contribution in [0.2, 0.25) is 0 Å². The number of hydrogen-bond acceptors (Lipinski definition) is 8. The minimum atomic E-state index is -0.544. The average Bonchev–Trinajstić information content (AvgIpc) is 3.25. The molecule has 0 aromatic carbocycles. The Kier molecular flexibility index (Phi) is 6.53. The molecule has 5 heterocycles. The zero-order valence-corrected chi connectivity index (χ0v) is 20.7. The van der Waals surface area contributed by atoms with Gasteiger partial charge in [-0.25, -0.2) is 9.97 Å². The highest BCUT2D eigenvalue weighted by Gasteiger charge is 2.19. The monoisotopic (exact) mass is 486 g/mol. The van der Waals surface area contributed by atoms with E-state index in [9.17, 15) is 4.79 Å². The highest BCUT2D eigenvalue weighted by atomic mass is 16.5. The number of carbonyl (C=O) groups excluding carboxylic acids is 1. The molecule has 186 valence electrons. The van der Waals surface area contributed by atoms with Crippen LogP contribution in [0.4, 0.5) is 17.2 Å². The molecule has 3 N–H and O–H groups in total. The molecule has 10 nitrogen and oxygen atoms in total. The van der Waals surface area contributed by atoms with Gasteiger partial charge >= 0.3 is 0 Å². The molecule has 0 atom stereocenters. The summed E-state index contributed by atoms with van der Waals surface area (Å²) in [6.45, 7) is 3.74. The number of fused-ring (bicyclic) bond motifs is 1. The molecule has 10 heteroatoms. The van der Waals surface area contributed by atoms with Crippen LogP contribution in [0.25, 0.3) is 22.3 Å². The van der Waals surface area contributed by atoms with Gasteiger partial charge in [0.25, 0.3) is 5.91 Å². The first-order valence-corrected chi connectivity index (χ1v) is 11.9. The van der Waals surface area contributed by atoms with Crippen LogP contribution in [0.1, 0.15) is 16.1 Å². The van der Waals surface area contributed by atoms with E-state index >= 15 is 0 Å². The zero-order chi connectivity index (χ0) is 25.2. The molecule has 0 spiro atoms. The molecule has 4 aromatic heterocycles. The van der Waals surface area contributed by atoms with Crippen molar-refractivity contribution in [3.05, 3.63) is 60.2 Å². The maximum atomic E-state index is 12.4. The predicted octanol–water partition coefficient (Wildman–Crippen LogP) is 2.77. The van der Waals surface area contributed by atoms with Crippen LogP contribution in [-0.4, -0.2) is 70.7 Å². The smallest absolute Gasteiger partial charge is 0.250 e. The van der Waals surface area contributed by atoms with Gasteiger partial charge < -0.3 is 30.2 Å². The molecule has 0 aliphatic carbocycles. The molecule has 0 bridgehead atoms. The summed E-state index contributed by atoms with van der Waals surface area (Å²) in [5.74, 6) is 0.0771. The largest absolute Gasteiger partial charge is 0.378 e. The topological polar surface area (TPSA) is 114 Å². The standard InChI is InChI=1S/C26H30N8O2/c1-32(2)16-22-23(34-10-12-36-13-11-34)4-5-24(31-22)30-21-15-29-20(14-19(21)25(27)35)17-6-8-28-26-18(17)7-9-33(26)3/h4-9,14-15H,10-13,16H2,1-3H3,(H2,27,35)(H,30,31). The van der Waals surface area contributed by atoms with Crippen LogP contribution < -0.4 is 16.0 Å². The first-order valence-electron chi connectivity index (χ1n) is 11.9. The molecule has 4 aromatic rings. The van der Waals surface area contributed by atoms with Gasteiger partial charge in [0, 0.05) is 50.0 Å². The minimum Gasteiger partial charge on any atom is -0.378 e. The second kappa shape index (κ2) is 9.92. The van der Waals surface area contributed by atoms with E-state index in [-0.39, 0.29) is 0 Å². The zero-order valence-electron chi connectivity index (χ0n) is 20.7. The van der Waals surface area contributed by atoms with Gasteiger partial charge in [-0.3, -0.25) is 9.78 Å². The number of nitrogens with one attached hydrogen (secondary N) is 1. The van der Waals surface area contributed by atoms with Crippen molar-refractivity contribution in [1.29, 1.82) is 0 Å². The quantitative estimate of drug-likeness (QED) is 0.410. The van der Waals surface area contributed by atoms with Crippen LogP contribution in [0, 0.1) is 0 Å². The van der Waals surface area contributed by atoms with Crippen molar-refractivity contribution >= 4 is 34.1 Å². The summed E-state index contributed by atoms with van der Waals surface area (Å²) in [7, 11) is 5.97. The fraction of sp³-hybridized carbons (Fsp3) is 0.308. The van der Waals surface area contributed by atoms with Gasteiger partial charge in [0.15, 0.2) is 0 Å². The number of pyridine rings is 3. The first kappa shape index (κ1) is 23.7. The Labute approximate surface area is 209 Å². The maximum Gasteiger partial charge on any atom is 0.250 e. The van der Waals surface area contributed by atoms with Gasteiger partial charge in [-0.1, -0.05) is 0 Å². The highest BCUT2D eigenvalue weighted by molar-refractivity contribution is 6.01. The molecule has 36 heavy (non-hydrogen) atoms. The Hall–Kier alpha value is -4.02. The summed E-state index contributed by atoms with van der Waals surface area (Å²) in [6.07, 6.45) is 5.32. The van der Waals surface area contributed by atoms with Crippen molar-refractivity contribution in [1.82, 2.24) is 24.4 Å². The highest BCUT2D eigenvalue weighted by Crippen LogP contribution is 2.30. The number of morpholine rings is 1. The van der Waals surface area contributed by atoms with Gasteiger partial charge in [0.1, 0.15) is 11.5 Å². The number of aryl methyl sites for hydroxylation is 1. The van der Waals surface area contributed by atoms with Crippen molar-refractivity contribution < 1.29 is 9.53 Å². The number of hydrogen-bond donors (Lipinski definition) is 2. The molecular formula is C26H30N8O2. The molecule has 0 radical (unpaired) electrons. The third-order valence-corrected chi connectivity index (χ3v) is 6.24. The van der Waals surface area contributed by atoms with E-state index in [0.29, 0.717) is 42.5 Å². The second-order valence-corrected chi connectivity index (χ2v) is 9.13. The van der Waals surface area contributed by atoms with Crippen LogP contribution in [0.3, 0.4) is 0 Å². The second-order valence-electron chi connectivity index (χ2n) is 9.13. The Balaban J connectivity index is 1.49. The van der Waals surface area contributed by atoms with Crippen molar-refractivity contribution in [2.24, 2.45) is 12.8 Å². The van der Waals surface area contributed by atoms with E-state index in [0.717, 1.165) is 41.1 Å². The van der Waals surface area contributed by atoms with E-state index in [1.54, 1.807) is 18.5 Å². The van der Waals surface area contributed by atoms with Gasteiger partial charge in [0.2, 0.25) is 0 Å². The van der Waals surface area contributed by atoms with Crippen molar-refractivity contribution in [2.45, 2.75) is 6.54 Å². The number of nitrogens with zero attached hydrogens (tertiary/aromatic N) is 6. The van der Waals surface area contributed by atoms with E-state index < -0.39 is 5.91 Å². The summed E-state index contributed by atoms with van der Waals surface area (Å²) in [5, 5.41) is 4.22. The molecule has 0 unspecified atom stereocenters. The van der Waals surface area contributed by atoms with E-state index in [1.807, 2.05) is 50.1 Å². The Morgan fingerprint density at radius 3 is 2.72 bits per heavy atom. The van der Waals surface area contributed by atoms with E-state index in [4.69, 9.17) is 15.5 Å². The van der Waals surface area contributed by atoms with E-state index in [1.165, 1.54) is 0 Å². The van der Waals surface area contributed by atoms with Crippen LogP contribution in [-0.2, 0) is 18.3 Å². The third kappa shape index (κ3) is 4.73. The first-order chi connectivity index (χ1) is 17.4. The Bertz CT molecular complexity index is 1410. The SMILES string of the molecule is CN(C)Cc1nc(Nc2cnc(-c3ccnc4c3ccn4C)cc2C(N)=O)ccc1N1CCOCC1. The maximum absolute atomic E-state index is 12.4. The fourth-order valence-corrected chi connectivity index (χ4v) is 4.50. The number of rotatable bonds is 7. The summed E-state index contributed by atoms with van der Waals surface area (Å²) >= 11 is 0. The number of primary amides is 1. The average molecular weight is 487 g/mol. The molecule has 1 saturated heterocycles. The van der Waals surface area contributed by atoms with Crippen LogP contribution >= 0.6 is 0 Å². The third-order valence-electron chi connectivity index (χ3n) is 6.24. The molecule has 1 fully saturated rings. The molecule has 0 saturated carbocycles. The lowest BCUT2D eigenvalue weighted by Crippen LogP contribution is -2.37. The lowest BCUT2D eigenvalue weighted by Gasteiger charge is -2.31. The number of amides is 1. The summed E-state index contributed by atoms with van der Waals surface area (Å²) < 4.78 is 7.45. The summed E-state index contributed by atoms with van der Waals surface area (Å²) in [5.41, 5.74) is 11.0. The molecular weight excluding hydrogens is 456 g/mol. The van der Waals surface area contributed by atoms with Gasteiger partial charge in [-0.2, -0.15) is 0 Å². The van der Waals surface area contributed by atoms with Gasteiger partial charge in [0.05, 0.1) is 47.7 Å². The van der Waals surface area contributed by atoms with Crippen LogP contribution in [0.15, 0.2) is 48.9 Å². The predicted molar refractivity (Wildman–Crippen MR) is 140 cm³/mol. The molecule has 1 aliphatic rings. The fourth-order valence-electron chi connectivity index (χ4n) is 4.50. The minimum absolute atomic E-state index is 0.342. The van der Waals surface area contributed by atoms with Crippen molar-refractivity contribution in [3.63, 3.8) is 0 Å². The number of anilines is 3. The van der Waals surface area contributed by atoms with E-state index in [2.05, 4.69) is 31.2 Å². The Morgan fingerprint density at radius 2 is 1.97 bits per heavy atom. The lowest BCUT2D eigenvalue weighted by atomic mass is 10.1. The number of aromatic nitrogens is 4. The van der Waals surface area contributed by atoms with Crippen molar-refractivity contribution in [3.8, 4) is 11.3 Å². The summed E-state index contributed by atoms with van der Waals surface area (Å²) in [4.78, 5) is 30.8. The number of nitrogens with two attached hydrogens (primary N) is 1. The normalized spacial score (nSPS) is 13.9. The molecule has 5 rings (SSSR count). The lowest BCUT2D eigenvalue weighted by molar-refractivity contribution is 0.100. The van der Waals surface area contributed by atoms with Crippen molar-refractivity contribution in [2.75, 3.05) is 50.6 Å². The molecule has 1 aliphatic heterocycles. The summed E-state index contributed by atoms with van der Waals surface area (Å²) in [6, 6.07) is 9.58. The number of carbonyl (C=O) groups is 1. The Morgan fingerprint density at radius 1 is 1.17 bits per heavy atom. The van der Waals surface area contributed by atoms with Gasteiger partial charge in [-0.05, 0) is 44.4 Å². The molecule has 1 amide bonds. The number of ether oxygens (including phenoxy) is 1.